The largest absolute Gasteiger partial charge is 0.369 e. The van der Waals surface area contributed by atoms with Gasteiger partial charge in [-0.1, -0.05) is 23.8 Å². The van der Waals surface area contributed by atoms with Gasteiger partial charge in [0.15, 0.2) is 0 Å². The molecule has 3 amide bonds. The smallest absolute Gasteiger partial charge is 0.294 e. The first-order valence-electron chi connectivity index (χ1n) is 10.5. The quantitative estimate of drug-likeness (QED) is 0.664. The van der Waals surface area contributed by atoms with Crippen molar-refractivity contribution in [2.24, 2.45) is 0 Å². The number of halogens is 1. The summed E-state index contributed by atoms with van der Waals surface area (Å²) in [6.07, 6.45) is 3.58. The Labute approximate surface area is 190 Å². The molecule has 0 radical (unpaired) electrons. The molecule has 2 aromatic carbocycles. The molecule has 0 atom stereocenters. The molecule has 32 heavy (non-hydrogen) atoms. The Morgan fingerprint density at radius 2 is 1.88 bits per heavy atom. The molecular formula is C24H24FN3O3S. The molecule has 0 unspecified atom stereocenters. The third-order valence-electron chi connectivity index (χ3n) is 5.55. The molecular weight excluding hydrogens is 429 g/mol. The number of amides is 3. The highest BCUT2D eigenvalue weighted by atomic mass is 32.2. The summed E-state index contributed by atoms with van der Waals surface area (Å²) >= 11 is 0.751. The third kappa shape index (κ3) is 4.70. The summed E-state index contributed by atoms with van der Waals surface area (Å²) in [6, 6.07) is 10.4. The molecule has 1 N–H and O–H groups in total. The Hall–Kier alpha value is -3.13. The van der Waals surface area contributed by atoms with Crippen molar-refractivity contribution in [3.63, 3.8) is 0 Å². The van der Waals surface area contributed by atoms with Gasteiger partial charge in [0.05, 0.1) is 10.6 Å². The number of thioether (sulfide) groups is 1. The van der Waals surface area contributed by atoms with Crippen molar-refractivity contribution in [2.45, 2.75) is 26.7 Å². The Morgan fingerprint density at radius 1 is 1.12 bits per heavy atom. The molecule has 0 bridgehead atoms. The third-order valence-corrected chi connectivity index (χ3v) is 6.45. The highest BCUT2D eigenvalue weighted by Gasteiger charge is 2.36. The zero-order valence-electron chi connectivity index (χ0n) is 18.0. The number of aryl methyl sites for hydroxylation is 2. The molecule has 0 spiro atoms. The van der Waals surface area contributed by atoms with E-state index >= 15 is 0 Å². The fourth-order valence-electron chi connectivity index (χ4n) is 3.90. The monoisotopic (exact) mass is 453 g/mol. The molecule has 0 aromatic heterocycles. The van der Waals surface area contributed by atoms with Crippen molar-refractivity contribution >= 4 is 46.3 Å². The summed E-state index contributed by atoms with van der Waals surface area (Å²) in [5.41, 5.74) is 3.65. The minimum Gasteiger partial charge on any atom is -0.369 e. The number of carbonyl (C=O) groups excluding carboxylic acids is 3. The van der Waals surface area contributed by atoms with Crippen LogP contribution in [-0.4, -0.2) is 41.6 Å². The Balaban J connectivity index is 1.44. The fraction of sp³-hybridized carbons (Fsp3) is 0.292. The maximum Gasteiger partial charge on any atom is 0.294 e. The van der Waals surface area contributed by atoms with Crippen LogP contribution in [0.15, 0.2) is 41.3 Å². The number of rotatable bonds is 5. The predicted octanol–water partition coefficient (Wildman–Crippen LogP) is 4.72. The highest BCUT2D eigenvalue weighted by Crippen LogP contribution is 2.33. The zero-order valence-corrected chi connectivity index (χ0v) is 18.8. The maximum absolute atomic E-state index is 14.6. The van der Waals surface area contributed by atoms with Gasteiger partial charge >= 0.3 is 0 Å². The predicted molar refractivity (Wildman–Crippen MR) is 125 cm³/mol. The summed E-state index contributed by atoms with van der Waals surface area (Å²) in [5.74, 6) is -1.37. The second-order valence-electron chi connectivity index (χ2n) is 8.04. The lowest BCUT2D eigenvalue weighted by Crippen LogP contribution is -2.36. The SMILES string of the molecule is Cc1ccc(NC(=O)CN2C(=O)SC(=Cc3ccc(N4CCCC4)c(F)c3)C2=O)c(C)c1. The van der Waals surface area contributed by atoms with Crippen LogP contribution in [0.1, 0.15) is 29.5 Å². The van der Waals surface area contributed by atoms with Gasteiger partial charge in [0.2, 0.25) is 5.91 Å². The fourth-order valence-corrected chi connectivity index (χ4v) is 4.74. The molecule has 2 heterocycles. The van der Waals surface area contributed by atoms with E-state index in [2.05, 4.69) is 5.32 Å². The lowest BCUT2D eigenvalue weighted by molar-refractivity contribution is -0.127. The van der Waals surface area contributed by atoms with E-state index in [1.54, 1.807) is 18.2 Å². The van der Waals surface area contributed by atoms with Gasteiger partial charge in [-0.2, -0.15) is 0 Å². The normalized spacial score (nSPS) is 17.5. The van der Waals surface area contributed by atoms with Crippen LogP contribution in [0.25, 0.3) is 6.08 Å². The van der Waals surface area contributed by atoms with Gasteiger partial charge in [0, 0.05) is 18.8 Å². The van der Waals surface area contributed by atoms with Gasteiger partial charge in [0.25, 0.3) is 11.1 Å². The first-order valence-corrected chi connectivity index (χ1v) is 11.3. The van der Waals surface area contributed by atoms with Gasteiger partial charge in [-0.15, -0.1) is 0 Å². The lowest BCUT2D eigenvalue weighted by atomic mass is 10.1. The Kier molecular flexibility index (Phi) is 6.32. The summed E-state index contributed by atoms with van der Waals surface area (Å²) in [7, 11) is 0. The lowest BCUT2D eigenvalue weighted by Gasteiger charge is -2.18. The van der Waals surface area contributed by atoms with Gasteiger partial charge in [-0.25, -0.2) is 4.39 Å². The summed E-state index contributed by atoms with van der Waals surface area (Å²) in [4.78, 5) is 40.6. The van der Waals surface area contributed by atoms with Crippen LogP contribution >= 0.6 is 11.8 Å². The molecule has 8 heteroatoms. The number of carbonyl (C=O) groups is 3. The molecule has 166 valence electrons. The van der Waals surface area contributed by atoms with E-state index in [9.17, 15) is 18.8 Å². The van der Waals surface area contributed by atoms with Crippen molar-refractivity contribution in [1.29, 1.82) is 0 Å². The number of hydrogen-bond acceptors (Lipinski definition) is 5. The van der Waals surface area contributed by atoms with E-state index in [-0.39, 0.29) is 17.3 Å². The van der Waals surface area contributed by atoms with E-state index in [1.165, 1.54) is 12.1 Å². The number of imide groups is 1. The molecule has 2 aliphatic heterocycles. The zero-order chi connectivity index (χ0) is 22.8. The van der Waals surface area contributed by atoms with E-state index in [1.807, 2.05) is 30.9 Å². The van der Waals surface area contributed by atoms with Crippen LogP contribution in [0, 0.1) is 19.7 Å². The number of benzene rings is 2. The van der Waals surface area contributed by atoms with Crippen molar-refractivity contribution in [1.82, 2.24) is 4.90 Å². The number of nitrogens with one attached hydrogen (secondary N) is 1. The second kappa shape index (κ2) is 9.16. The standard InChI is InChI=1S/C24H24FN3O3S/c1-15-5-7-19(16(2)11-15)26-22(29)14-28-23(30)21(32-24(28)31)13-17-6-8-20(18(25)12-17)27-9-3-4-10-27/h5-8,11-13H,3-4,9-10,14H2,1-2H3,(H,26,29). The van der Waals surface area contributed by atoms with Crippen molar-refractivity contribution in [3.05, 3.63) is 63.8 Å². The molecule has 6 nitrogen and oxygen atoms in total. The van der Waals surface area contributed by atoms with Gasteiger partial charge < -0.3 is 10.2 Å². The summed E-state index contributed by atoms with van der Waals surface area (Å²) < 4.78 is 14.6. The Morgan fingerprint density at radius 3 is 2.56 bits per heavy atom. The average Bonchev–Trinajstić information content (AvgIpc) is 3.35. The molecule has 0 aliphatic carbocycles. The molecule has 2 saturated heterocycles. The minimum atomic E-state index is -0.556. The van der Waals surface area contributed by atoms with Gasteiger partial charge in [0.1, 0.15) is 12.4 Å². The van der Waals surface area contributed by atoms with Crippen molar-refractivity contribution < 1.29 is 18.8 Å². The van der Waals surface area contributed by atoms with Gasteiger partial charge in [-0.3, -0.25) is 19.3 Å². The van der Waals surface area contributed by atoms with E-state index in [0.29, 0.717) is 16.9 Å². The highest BCUT2D eigenvalue weighted by molar-refractivity contribution is 8.18. The van der Waals surface area contributed by atoms with E-state index in [4.69, 9.17) is 0 Å². The first kappa shape index (κ1) is 22.1. The number of hydrogen-bond donors (Lipinski definition) is 1. The van der Waals surface area contributed by atoms with Gasteiger partial charge in [-0.05, 0) is 73.9 Å². The number of anilines is 2. The maximum atomic E-state index is 14.6. The second-order valence-corrected chi connectivity index (χ2v) is 9.03. The molecule has 2 aromatic rings. The van der Waals surface area contributed by atoms with Crippen LogP contribution < -0.4 is 10.2 Å². The van der Waals surface area contributed by atoms with Crippen molar-refractivity contribution in [3.8, 4) is 0 Å². The molecule has 2 fully saturated rings. The minimum absolute atomic E-state index is 0.169. The van der Waals surface area contributed by atoms with Crippen LogP contribution in [0.5, 0.6) is 0 Å². The van der Waals surface area contributed by atoms with Crippen LogP contribution in [-0.2, 0) is 9.59 Å². The topological polar surface area (TPSA) is 69.7 Å². The molecule has 0 saturated carbocycles. The van der Waals surface area contributed by atoms with Crippen LogP contribution in [0.3, 0.4) is 0 Å². The average molecular weight is 454 g/mol. The first-order chi connectivity index (χ1) is 15.3. The van der Waals surface area contributed by atoms with E-state index in [0.717, 1.165) is 53.7 Å². The Bertz CT molecular complexity index is 1130. The van der Waals surface area contributed by atoms with E-state index < -0.39 is 17.1 Å². The van der Waals surface area contributed by atoms with Crippen molar-refractivity contribution in [2.75, 3.05) is 29.9 Å². The van der Waals surface area contributed by atoms with Crippen LogP contribution in [0.4, 0.5) is 20.6 Å². The summed E-state index contributed by atoms with van der Waals surface area (Å²) in [6.45, 7) is 5.12. The summed E-state index contributed by atoms with van der Waals surface area (Å²) in [5, 5.41) is 2.22. The number of nitrogens with zero attached hydrogens (tertiary/aromatic N) is 2. The molecule has 2 aliphatic rings. The molecule has 4 rings (SSSR count). The van der Waals surface area contributed by atoms with Crippen LogP contribution in [0.2, 0.25) is 0 Å².